The molecule has 0 spiro atoms. The molecule has 0 aliphatic carbocycles. The van der Waals surface area contributed by atoms with Crippen molar-refractivity contribution in [1.82, 2.24) is 0 Å². The largest absolute Gasteiger partial charge is 0.423 e. The zero-order chi connectivity index (χ0) is 25.7. The Kier molecular flexibility index (Phi) is 7.89. The molecular weight excluding hydrogens is 461 g/mol. The molecule has 0 amide bonds. The van der Waals surface area contributed by atoms with E-state index in [2.05, 4.69) is 0 Å². The Morgan fingerprint density at radius 3 is 1.86 bits per heavy atom. The van der Waals surface area contributed by atoms with Crippen molar-refractivity contribution in [1.29, 1.82) is 0 Å². The quantitative estimate of drug-likeness (QED) is 0.183. The summed E-state index contributed by atoms with van der Waals surface area (Å²) >= 11 is 0. The Bertz CT molecular complexity index is 1360. The van der Waals surface area contributed by atoms with E-state index in [-0.39, 0.29) is 22.4 Å². The predicted molar refractivity (Wildman–Crippen MR) is 137 cm³/mol. The molecule has 36 heavy (non-hydrogen) atoms. The maximum absolute atomic E-state index is 15.0. The van der Waals surface area contributed by atoms with E-state index >= 15 is 0 Å². The van der Waals surface area contributed by atoms with Crippen LogP contribution in [0, 0.1) is 17.5 Å². The van der Waals surface area contributed by atoms with Crippen LogP contribution in [0.2, 0.25) is 0 Å². The van der Waals surface area contributed by atoms with Gasteiger partial charge in [0.2, 0.25) is 0 Å². The van der Waals surface area contributed by atoms with Gasteiger partial charge in [0, 0.05) is 11.1 Å². The van der Waals surface area contributed by atoms with Gasteiger partial charge in [0.1, 0.15) is 11.6 Å². The standard InChI is InChI=1S/C31H27F3O2/c1-3-5-6-23-11-12-24(19-28(23)32)31(35)36-25-15-13-22(14-16-25)27-18-17-26(29(33)30(27)34)21-9-7-20(4-2)8-10-21/h7-19H,3-6H2,1-2H3. The molecule has 0 fully saturated rings. The molecule has 0 aromatic heterocycles. The van der Waals surface area contributed by atoms with Crippen LogP contribution in [0.25, 0.3) is 22.3 Å². The SMILES string of the molecule is CCCCc1ccc(C(=O)Oc2ccc(-c3ccc(-c4ccc(CC)cc4)c(F)c3F)cc2)cc1F. The second-order valence-corrected chi connectivity index (χ2v) is 8.66. The molecule has 0 saturated carbocycles. The molecule has 4 rings (SSSR count). The molecule has 0 atom stereocenters. The minimum absolute atomic E-state index is 0.101. The molecular formula is C31H27F3O2. The third kappa shape index (κ3) is 5.51. The molecule has 0 heterocycles. The van der Waals surface area contributed by atoms with Gasteiger partial charge in [0.15, 0.2) is 11.6 Å². The number of unbranched alkanes of at least 4 members (excludes halogenated alkanes) is 1. The summed E-state index contributed by atoms with van der Waals surface area (Å²) in [5.41, 5.74) is 3.12. The van der Waals surface area contributed by atoms with Gasteiger partial charge in [-0.25, -0.2) is 18.0 Å². The summed E-state index contributed by atoms with van der Waals surface area (Å²) in [6.07, 6.45) is 3.30. The van der Waals surface area contributed by atoms with E-state index in [1.54, 1.807) is 42.5 Å². The van der Waals surface area contributed by atoms with Crippen LogP contribution in [0.1, 0.15) is 48.2 Å². The van der Waals surface area contributed by atoms with Gasteiger partial charge in [-0.3, -0.25) is 0 Å². The molecule has 0 N–H and O–H groups in total. The van der Waals surface area contributed by atoms with Crippen molar-refractivity contribution >= 4 is 5.97 Å². The molecule has 184 valence electrons. The van der Waals surface area contributed by atoms with Crippen molar-refractivity contribution in [2.75, 3.05) is 0 Å². The topological polar surface area (TPSA) is 26.3 Å². The predicted octanol–water partition coefficient (Wildman–Crippen LogP) is 8.56. The van der Waals surface area contributed by atoms with Gasteiger partial charge in [0.25, 0.3) is 0 Å². The lowest BCUT2D eigenvalue weighted by Crippen LogP contribution is -2.09. The van der Waals surface area contributed by atoms with E-state index in [0.29, 0.717) is 23.1 Å². The smallest absolute Gasteiger partial charge is 0.343 e. The Hall–Kier alpha value is -3.86. The molecule has 0 unspecified atom stereocenters. The molecule has 4 aromatic carbocycles. The molecule has 0 bridgehead atoms. The van der Waals surface area contributed by atoms with Crippen LogP contribution in [0.15, 0.2) is 78.9 Å². The van der Waals surface area contributed by atoms with E-state index in [9.17, 15) is 18.0 Å². The first-order chi connectivity index (χ1) is 17.4. The van der Waals surface area contributed by atoms with Crippen LogP contribution >= 0.6 is 0 Å². The number of halogens is 3. The van der Waals surface area contributed by atoms with Crippen molar-refractivity contribution in [3.63, 3.8) is 0 Å². The summed E-state index contributed by atoms with van der Waals surface area (Å²) in [7, 11) is 0. The number of rotatable bonds is 8. The Morgan fingerprint density at radius 1 is 0.750 bits per heavy atom. The molecule has 2 nitrogen and oxygen atoms in total. The maximum atomic E-state index is 15.0. The number of esters is 1. The highest BCUT2D eigenvalue weighted by molar-refractivity contribution is 5.91. The highest BCUT2D eigenvalue weighted by atomic mass is 19.2. The van der Waals surface area contributed by atoms with Crippen LogP contribution < -0.4 is 4.74 Å². The summed E-state index contributed by atoms with van der Waals surface area (Å²) in [6.45, 7) is 4.06. The van der Waals surface area contributed by atoms with E-state index in [1.807, 2.05) is 26.0 Å². The van der Waals surface area contributed by atoms with Crippen molar-refractivity contribution in [3.05, 3.63) is 113 Å². The number of hydrogen-bond donors (Lipinski definition) is 0. The van der Waals surface area contributed by atoms with Gasteiger partial charge in [-0.1, -0.05) is 74.9 Å². The normalized spacial score (nSPS) is 10.9. The molecule has 0 aliphatic rings. The zero-order valence-corrected chi connectivity index (χ0v) is 20.3. The lowest BCUT2D eigenvalue weighted by Gasteiger charge is -2.11. The van der Waals surface area contributed by atoms with Crippen LogP contribution in [0.4, 0.5) is 13.2 Å². The number of ether oxygens (including phenoxy) is 1. The van der Waals surface area contributed by atoms with Gasteiger partial charge >= 0.3 is 5.97 Å². The van der Waals surface area contributed by atoms with Crippen molar-refractivity contribution < 1.29 is 22.7 Å². The fourth-order valence-corrected chi connectivity index (χ4v) is 4.03. The highest BCUT2D eigenvalue weighted by Gasteiger charge is 2.17. The van der Waals surface area contributed by atoms with Crippen molar-refractivity contribution in [2.24, 2.45) is 0 Å². The van der Waals surface area contributed by atoms with Gasteiger partial charge in [-0.05, 0) is 65.8 Å². The third-order valence-electron chi connectivity index (χ3n) is 6.22. The Balaban J connectivity index is 1.49. The van der Waals surface area contributed by atoms with E-state index in [1.165, 1.54) is 24.3 Å². The van der Waals surface area contributed by atoms with Gasteiger partial charge in [-0.15, -0.1) is 0 Å². The van der Waals surface area contributed by atoms with Crippen LogP contribution in [-0.2, 0) is 12.8 Å². The summed E-state index contributed by atoms with van der Waals surface area (Å²) in [6, 6.07) is 20.9. The first-order valence-electron chi connectivity index (χ1n) is 12.1. The minimum Gasteiger partial charge on any atom is -0.423 e. The number of carbonyl (C=O) groups is 1. The number of aryl methyl sites for hydroxylation is 2. The van der Waals surface area contributed by atoms with Gasteiger partial charge in [-0.2, -0.15) is 0 Å². The van der Waals surface area contributed by atoms with Crippen LogP contribution in [0.3, 0.4) is 0 Å². The fraction of sp³-hybridized carbons (Fsp3) is 0.194. The molecule has 0 saturated heterocycles. The average molecular weight is 489 g/mol. The lowest BCUT2D eigenvalue weighted by molar-refractivity contribution is 0.0734. The Labute approximate surface area is 209 Å². The van der Waals surface area contributed by atoms with E-state index < -0.39 is 23.4 Å². The Morgan fingerprint density at radius 2 is 1.33 bits per heavy atom. The van der Waals surface area contributed by atoms with E-state index in [4.69, 9.17) is 4.74 Å². The van der Waals surface area contributed by atoms with E-state index in [0.717, 1.165) is 24.8 Å². The van der Waals surface area contributed by atoms with Crippen LogP contribution in [0.5, 0.6) is 5.75 Å². The average Bonchev–Trinajstić information content (AvgIpc) is 2.90. The number of benzene rings is 4. The zero-order valence-electron chi connectivity index (χ0n) is 20.3. The monoisotopic (exact) mass is 488 g/mol. The third-order valence-corrected chi connectivity index (χ3v) is 6.22. The molecule has 5 heteroatoms. The molecule has 0 aliphatic heterocycles. The van der Waals surface area contributed by atoms with Gasteiger partial charge < -0.3 is 4.74 Å². The minimum atomic E-state index is -0.949. The first-order valence-corrected chi connectivity index (χ1v) is 12.1. The maximum Gasteiger partial charge on any atom is 0.343 e. The summed E-state index contributed by atoms with van der Waals surface area (Å²) in [4.78, 5) is 12.5. The molecule has 0 radical (unpaired) electrons. The summed E-state index contributed by atoms with van der Waals surface area (Å²) < 4.78 is 49.5. The lowest BCUT2D eigenvalue weighted by atomic mass is 9.98. The summed E-state index contributed by atoms with van der Waals surface area (Å²) in [5, 5.41) is 0. The second kappa shape index (κ2) is 11.3. The van der Waals surface area contributed by atoms with Crippen LogP contribution in [-0.4, -0.2) is 5.97 Å². The highest BCUT2D eigenvalue weighted by Crippen LogP contribution is 2.32. The van der Waals surface area contributed by atoms with Crippen molar-refractivity contribution in [2.45, 2.75) is 39.5 Å². The summed E-state index contributed by atoms with van der Waals surface area (Å²) in [5.74, 6) is -2.78. The molecule has 4 aromatic rings. The van der Waals surface area contributed by atoms with Gasteiger partial charge in [0.05, 0.1) is 5.56 Å². The number of carbonyl (C=O) groups excluding carboxylic acids is 1. The number of hydrogen-bond acceptors (Lipinski definition) is 2. The second-order valence-electron chi connectivity index (χ2n) is 8.66. The van der Waals surface area contributed by atoms with Crippen molar-refractivity contribution in [3.8, 4) is 28.0 Å². The fourth-order valence-electron chi connectivity index (χ4n) is 4.03. The first kappa shape index (κ1) is 25.2.